The fraction of sp³-hybridized carbons (Fsp3) is 0.250. The van der Waals surface area contributed by atoms with Crippen molar-refractivity contribution in [2.45, 2.75) is 12.6 Å². The van der Waals surface area contributed by atoms with Crippen molar-refractivity contribution in [2.75, 3.05) is 0 Å². The van der Waals surface area contributed by atoms with Gasteiger partial charge in [-0.1, -0.05) is 12.1 Å². The van der Waals surface area contributed by atoms with Crippen LogP contribution in [0.15, 0.2) is 12.1 Å². The lowest BCUT2D eigenvalue weighted by atomic mass is 10.1. The summed E-state index contributed by atoms with van der Waals surface area (Å²) in [5, 5.41) is 0. The summed E-state index contributed by atoms with van der Waals surface area (Å²) >= 11 is 0. The molecule has 5 heteroatoms. The monoisotopic (exact) mass is 194 g/mol. The number of halogens is 5. The van der Waals surface area contributed by atoms with Gasteiger partial charge < -0.3 is 0 Å². The van der Waals surface area contributed by atoms with Gasteiger partial charge in [0.05, 0.1) is 5.56 Å². The highest BCUT2D eigenvalue weighted by molar-refractivity contribution is 5.28. The molecule has 0 saturated heterocycles. The van der Waals surface area contributed by atoms with E-state index in [9.17, 15) is 22.0 Å². The third-order valence-corrected chi connectivity index (χ3v) is 1.32. The summed E-state index contributed by atoms with van der Waals surface area (Å²) in [4.78, 5) is 0. The fourth-order valence-corrected chi connectivity index (χ4v) is 0.813. The molecule has 0 spiro atoms. The smallest absolute Gasteiger partial charge is 0.205 e. The average molecular weight is 194 g/mol. The molecule has 0 nitrogen and oxygen atoms in total. The lowest BCUT2D eigenvalue weighted by Gasteiger charge is -2.10. The van der Waals surface area contributed by atoms with E-state index in [1.807, 2.05) is 6.07 Å². The quantitative estimate of drug-likeness (QED) is 0.602. The highest BCUT2D eigenvalue weighted by Crippen LogP contribution is 2.35. The van der Waals surface area contributed by atoms with Crippen LogP contribution in [0.2, 0.25) is 0 Å². The molecule has 0 aliphatic heterocycles. The Morgan fingerprint density at radius 2 is 1.62 bits per heavy atom. The third-order valence-electron chi connectivity index (χ3n) is 1.32. The van der Waals surface area contributed by atoms with Crippen LogP contribution in [0, 0.1) is 12.1 Å². The molecule has 13 heavy (non-hydrogen) atoms. The third kappa shape index (κ3) is 2.17. The Balaban J connectivity index is 3.20. The van der Waals surface area contributed by atoms with Crippen molar-refractivity contribution in [1.82, 2.24) is 0 Å². The molecule has 0 aromatic heterocycles. The molecule has 2 radical (unpaired) electrons. The number of benzene rings is 1. The molecule has 0 atom stereocenters. The topological polar surface area (TPSA) is 0 Å². The summed E-state index contributed by atoms with van der Waals surface area (Å²) in [6, 6.07) is 5.43. The predicted molar refractivity (Wildman–Crippen MR) is 34.1 cm³/mol. The van der Waals surface area contributed by atoms with Gasteiger partial charge in [0.25, 0.3) is 6.43 Å². The van der Waals surface area contributed by atoms with Gasteiger partial charge in [0, 0.05) is 5.56 Å². The van der Waals surface area contributed by atoms with E-state index in [4.69, 9.17) is 0 Å². The molecule has 0 N–H and O–H groups in total. The highest BCUT2D eigenvalue weighted by atomic mass is 19.4. The van der Waals surface area contributed by atoms with Crippen LogP contribution >= 0.6 is 0 Å². The number of hydrogen-bond donors (Lipinski definition) is 0. The van der Waals surface area contributed by atoms with Crippen molar-refractivity contribution in [3.8, 4) is 0 Å². The molecule has 1 aromatic rings. The van der Waals surface area contributed by atoms with Crippen LogP contribution in [0.1, 0.15) is 17.6 Å². The molecule has 0 amide bonds. The fourth-order valence-electron chi connectivity index (χ4n) is 0.813. The Bertz CT molecular complexity index is 289. The molecular formula is C8H3F5. The van der Waals surface area contributed by atoms with Crippen LogP contribution in [0.4, 0.5) is 22.0 Å². The SMILES string of the molecule is FC(F)c1[c]cc[c]c1C(F)(F)F. The normalized spacial score (nSPS) is 12.2. The molecule has 0 bridgehead atoms. The lowest BCUT2D eigenvalue weighted by Crippen LogP contribution is -2.09. The Labute approximate surface area is 71.0 Å². The minimum Gasteiger partial charge on any atom is -0.205 e. The average Bonchev–Trinajstić information content (AvgIpc) is 2.03. The molecule has 0 aliphatic carbocycles. The van der Waals surface area contributed by atoms with Gasteiger partial charge in [-0.25, -0.2) is 8.78 Å². The van der Waals surface area contributed by atoms with Crippen molar-refractivity contribution >= 4 is 0 Å². The van der Waals surface area contributed by atoms with E-state index in [-0.39, 0.29) is 0 Å². The van der Waals surface area contributed by atoms with E-state index in [1.165, 1.54) is 0 Å². The second kappa shape index (κ2) is 3.32. The molecular weight excluding hydrogens is 191 g/mol. The summed E-state index contributed by atoms with van der Waals surface area (Å²) in [6.45, 7) is 0. The van der Waals surface area contributed by atoms with E-state index in [0.717, 1.165) is 12.1 Å². The molecule has 0 aliphatic rings. The second-order valence-electron chi connectivity index (χ2n) is 2.21. The molecule has 0 unspecified atom stereocenters. The minimum atomic E-state index is -4.80. The summed E-state index contributed by atoms with van der Waals surface area (Å²) in [5.41, 5.74) is -2.61. The van der Waals surface area contributed by atoms with E-state index in [1.54, 1.807) is 6.07 Å². The maximum atomic E-state index is 12.0. The van der Waals surface area contributed by atoms with E-state index in [0.29, 0.717) is 0 Å². The molecule has 1 rings (SSSR count). The van der Waals surface area contributed by atoms with Gasteiger partial charge in [-0.3, -0.25) is 0 Å². The maximum absolute atomic E-state index is 12.0. The summed E-state index contributed by atoms with van der Waals surface area (Å²) in [6.07, 6.45) is -7.99. The summed E-state index contributed by atoms with van der Waals surface area (Å²) in [7, 11) is 0. The predicted octanol–water partition coefficient (Wildman–Crippen LogP) is 3.24. The Morgan fingerprint density at radius 3 is 2.00 bits per heavy atom. The van der Waals surface area contributed by atoms with Gasteiger partial charge in [0.2, 0.25) is 0 Å². The van der Waals surface area contributed by atoms with Crippen molar-refractivity contribution in [2.24, 2.45) is 0 Å². The summed E-state index contributed by atoms with van der Waals surface area (Å²) in [5.74, 6) is 0. The molecule has 0 saturated carbocycles. The van der Waals surface area contributed by atoms with Gasteiger partial charge in [0.15, 0.2) is 0 Å². The second-order valence-corrected chi connectivity index (χ2v) is 2.21. The minimum absolute atomic E-state index is 0.898. The van der Waals surface area contributed by atoms with Gasteiger partial charge >= 0.3 is 6.18 Å². The standard InChI is InChI=1S/C8H3F5/c9-7(10)5-3-1-2-4-6(5)8(11,12)13/h1-2,7H. The van der Waals surface area contributed by atoms with Crippen molar-refractivity contribution in [3.63, 3.8) is 0 Å². The molecule has 0 heterocycles. The largest absolute Gasteiger partial charge is 0.417 e. The zero-order valence-corrected chi connectivity index (χ0v) is 6.12. The zero-order valence-electron chi connectivity index (χ0n) is 6.12. The first kappa shape index (κ1) is 9.95. The van der Waals surface area contributed by atoms with Gasteiger partial charge in [0.1, 0.15) is 0 Å². The first-order valence-corrected chi connectivity index (χ1v) is 3.20. The highest BCUT2D eigenvalue weighted by Gasteiger charge is 2.35. The zero-order chi connectivity index (χ0) is 10.1. The number of rotatable bonds is 1. The van der Waals surface area contributed by atoms with E-state index >= 15 is 0 Å². The van der Waals surface area contributed by atoms with Crippen LogP contribution in [0.25, 0.3) is 0 Å². The maximum Gasteiger partial charge on any atom is 0.417 e. The Hall–Kier alpha value is -1.13. The number of hydrogen-bond acceptors (Lipinski definition) is 0. The van der Waals surface area contributed by atoms with Crippen molar-refractivity contribution in [3.05, 3.63) is 35.4 Å². The first-order chi connectivity index (χ1) is 5.93. The van der Waals surface area contributed by atoms with E-state index < -0.39 is 23.7 Å². The van der Waals surface area contributed by atoms with Crippen LogP contribution in [-0.2, 0) is 6.18 Å². The van der Waals surface area contributed by atoms with Crippen LogP contribution in [0.3, 0.4) is 0 Å². The van der Waals surface area contributed by atoms with Crippen LogP contribution in [-0.4, -0.2) is 0 Å². The molecule has 1 aromatic carbocycles. The molecule has 0 fully saturated rings. The van der Waals surface area contributed by atoms with Crippen molar-refractivity contribution in [1.29, 1.82) is 0 Å². The summed E-state index contributed by atoms with van der Waals surface area (Å²) < 4.78 is 60.1. The number of alkyl halides is 5. The van der Waals surface area contributed by atoms with Crippen LogP contribution in [0.5, 0.6) is 0 Å². The Kier molecular flexibility index (Phi) is 2.54. The molecule has 70 valence electrons. The lowest BCUT2D eigenvalue weighted by molar-refractivity contribution is -0.139. The van der Waals surface area contributed by atoms with E-state index in [2.05, 4.69) is 0 Å². The van der Waals surface area contributed by atoms with Gasteiger partial charge in [-0.15, -0.1) is 0 Å². The van der Waals surface area contributed by atoms with Crippen LogP contribution < -0.4 is 0 Å². The van der Waals surface area contributed by atoms with Crippen molar-refractivity contribution < 1.29 is 22.0 Å². The van der Waals surface area contributed by atoms with Gasteiger partial charge in [-0.2, -0.15) is 13.2 Å². The Morgan fingerprint density at radius 1 is 1.08 bits per heavy atom. The first-order valence-electron chi connectivity index (χ1n) is 3.20. The van der Waals surface area contributed by atoms with Gasteiger partial charge in [-0.05, 0) is 12.1 Å².